The molecule has 1 aliphatic heterocycles. The summed E-state index contributed by atoms with van der Waals surface area (Å²) in [5.74, 6) is -0.548. The van der Waals surface area contributed by atoms with Crippen LogP contribution in [0.15, 0.2) is 35.2 Å². The van der Waals surface area contributed by atoms with E-state index in [2.05, 4.69) is 0 Å². The Morgan fingerprint density at radius 2 is 2.00 bits per heavy atom. The third kappa shape index (κ3) is 3.42. The van der Waals surface area contributed by atoms with Gasteiger partial charge in [-0.1, -0.05) is 18.2 Å². The Balaban J connectivity index is 2.16. The first-order valence-corrected chi connectivity index (χ1v) is 8.27. The van der Waals surface area contributed by atoms with Crippen LogP contribution in [0.25, 0.3) is 0 Å². The molecule has 6 nitrogen and oxygen atoms in total. The molecule has 1 atom stereocenters. The van der Waals surface area contributed by atoms with E-state index in [4.69, 9.17) is 4.84 Å². The van der Waals surface area contributed by atoms with Crippen molar-refractivity contribution in [2.24, 2.45) is 5.92 Å². The van der Waals surface area contributed by atoms with E-state index in [-0.39, 0.29) is 23.3 Å². The second-order valence-electron chi connectivity index (χ2n) is 5.03. The van der Waals surface area contributed by atoms with Gasteiger partial charge in [-0.3, -0.25) is 9.63 Å². The third-order valence-corrected chi connectivity index (χ3v) is 5.58. The second kappa shape index (κ2) is 6.55. The monoisotopic (exact) mass is 312 g/mol. The van der Waals surface area contributed by atoms with Gasteiger partial charge in [0.2, 0.25) is 15.9 Å². The summed E-state index contributed by atoms with van der Waals surface area (Å²) in [6, 6.07) is 8.30. The Hall–Kier alpha value is -1.44. The van der Waals surface area contributed by atoms with Crippen molar-refractivity contribution in [3.8, 4) is 0 Å². The Labute approximate surface area is 125 Å². The van der Waals surface area contributed by atoms with Crippen LogP contribution in [0.2, 0.25) is 0 Å². The molecule has 7 heteroatoms. The summed E-state index contributed by atoms with van der Waals surface area (Å²) in [5, 5.41) is 1.16. The molecule has 1 heterocycles. The highest BCUT2D eigenvalue weighted by Crippen LogP contribution is 2.24. The van der Waals surface area contributed by atoms with Gasteiger partial charge in [0.05, 0.1) is 17.9 Å². The molecule has 1 aromatic carbocycles. The summed E-state index contributed by atoms with van der Waals surface area (Å²) in [7, 11) is -0.589. The van der Waals surface area contributed by atoms with Crippen LogP contribution >= 0.6 is 0 Å². The van der Waals surface area contributed by atoms with Crippen molar-refractivity contribution in [1.82, 2.24) is 9.37 Å². The van der Waals surface area contributed by atoms with Gasteiger partial charge in [-0.05, 0) is 25.0 Å². The largest absolute Gasteiger partial charge is 0.275 e. The fourth-order valence-electron chi connectivity index (χ4n) is 2.45. The average molecular weight is 312 g/mol. The maximum absolute atomic E-state index is 12.6. The first-order chi connectivity index (χ1) is 9.96. The molecule has 2 rings (SSSR count). The van der Waals surface area contributed by atoms with Crippen molar-refractivity contribution in [2.75, 3.05) is 27.2 Å². The highest BCUT2D eigenvalue weighted by molar-refractivity contribution is 7.89. The summed E-state index contributed by atoms with van der Waals surface area (Å²) >= 11 is 0. The van der Waals surface area contributed by atoms with Gasteiger partial charge in [0.25, 0.3) is 0 Å². The van der Waals surface area contributed by atoms with E-state index in [1.165, 1.54) is 18.5 Å². The first kappa shape index (κ1) is 15.9. The van der Waals surface area contributed by atoms with Crippen LogP contribution in [0, 0.1) is 5.92 Å². The molecular formula is C14H20N2O4S. The summed E-state index contributed by atoms with van der Waals surface area (Å²) in [4.78, 5) is 17.3. The average Bonchev–Trinajstić information content (AvgIpc) is 2.54. The van der Waals surface area contributed by atoms with Gasteiger partial charge in [-0.2, -0.15) is 4.31 Å². The number of amides is 1. The number of hydroxylamine groups is 2. The van der Waals surface area contributed by atoms with Gasteiger partial charge < -0.3 is 0 Å². The standard InChI is InChI=1S/C14H20N2O4S/c1-15(20-2)14(17)12-7-6-10-16(11-12)21(18,19)13-8-4-3-5-9-13/h3-5,8-9,12H,6-7,10-11H2,1-2H3. The minimum Gasteiger partial charge on any atom is -0.275 e. The SMILES string of the molecule is CON(C)C(=O)C1CCCN(S(=O)(=O)c2ccccc2)C1. The molecule has 0 spiro atoms. The molecule has 1 saturated heterocycles. The lowest BCUT2D eigenvalue weighted by atomic mass is 9.99. The molecule has 0 saturated carbocycles. The minimum atomic E-state index is -3.54. The van der Waals surface area contributed by atoms with Crippen molar-refractivity contribution >= 4 is 15.9 Å². The van der Waals surface area contributed by atoms with Crippen molar-refractivity contribution in [3.05, 3.63) is 30.3 Å². The summed E-state index contributed by atoms with van der Waals surface area (Å²) < 4.78 is 26.5. The fraction of sp³-hybridized carbons (Fsp3) is 0.500. The zero-order chi connectivity index (χ0) is 15.5. The van der Waals surface area contributed by atoms with Crippen LogP contribution in [0.3, 0.4) is 0 Å². The van der Waals surface area contributed by atoms with Crippen LogP contribution in [-0.4, -0.2) is 50.9 Å². The topological polar surface area (TPSA) is 66.9 Å². The van der Waals surface area contributed by atoms with Crippen LogP contribution in [0.5, 0.6) is 0 Å². The molecule has 1 aromatic rings. The maximum atomic E-state index is 12.6. The lowest BCUT2D eigenvalue weighted by Gasteiger charge is -2.32. The number of benzene rings is 1. The number of carbonyl (C=O) groups excluding carboxylic acids is 1. The van der Waals surface area contributed by atoms with Gasteiger partial charge >= 0.3 is 0 Å². The lowest BCUT2D eigenvalue weighted by molar-refractivity contribution is -0.174. The van der Waals surface area contributed by atoms with Crippen LogP contribution in [-0.2, 0) is 19.7 Å². The third-order valence-electron chi connectivity index (χ3n) is 3.70. The van der Waals surface area contributed by atoms with E-state index in [0.29, 0.717) is 19.4 Å². The van der Waals surface area contributed by atoms with E-state index in [1.54, 1.807) is 30.3 Å². The predicted octanol–water partition coefficient (Wildman–Crippen LogP) is 1.11. The quantitative estimate of drug-likeness (QED) is 0.781. The van der Waals surface area contributed by atoms with Crippen LogP contribution in [0.4, 0.5) is 0 Å². The maximum Gasteiger partial charge on any atom is 0.250 e. The number of hydrogen-bond acceptors (Lipinski definition) is 4. The predicted molar refractivity (Wildman–Crippen MR) is 77.7 cm³/mol. The molecule has 0 aliphatic carbocycles. The van der Waals surface area contributed by atoms with Gasteiger partial charge in [-0.25, -0.2) is 13.5 Å². The van der Waals surface area contributed by atoms with Crippen molar-refractivity contribution < 1.29 is 18.0 Å². The molecule has 116 valence electrons. The van der Waals surface area contributed by atoms with E-state index < -0.39 is 10.0 Å². The number of rotatable bonds is 4. The van der Waals surface area contributed by atoms with Crippen LogP contribution in [0.1, 0.15) is 12.8 Å². The van der Waals surface area contributed by atoms with Gasteiger partial charge in [-0.15, -0.1) is 0 Å². The van der Waals surface area contributed by atoms with E-state index >= 15 is 0 Å². The smallest absolute Gasteiger partial charge is 0.250 e. The molecule has 0 N–H and O–H groups in total. The Morgan fingerprint density at radius 3 is 2.62 bits per heavy atom. The van der Waals surface area contributed by atoms with E-state index in [1.807, 2.05) is 0 Å². The number of hydrogen-bond donors (Lipinski definition) is 0. The van der Waals surface area contributed by atoms with Crippen molar-refractivity contribution in [3.63, 3.8) is 0 Å². The van der Waals surface area contributed by atoms with Gasteiger partial charge in [0.15, 0.2) is 0 Å². The van der Waals surface area contributed by atoms with E-state index in [0.717, 1.165) is 5.06 Å². The Kier molecular flexibility index (Phi) is 4.97. The Bertz CT molecular complexity index is 588. The van der Waals surface area contributed by atoms with E-state index in [9.17, 15) is 13.2 Å². The molecule has 21 heavy (non-hydrogen) atoms. The molecule has 0 bridgehead atoms. The molecular weight excluding hydrogens is 292 g/mol. The molecule has 0 aromatic heterocycles. The Morgan fingerprint density at radius 1 is 1.33 bits per heavy atom. The number of piperidine rings is 1. The fourth-order valence-corrected chi connectivity index (χ4v) is 4.00. The highest BCUT2D eigenvalue weighted by Gasteiger charge is 2.34. The molecule has 0 radical (unpaired) electrons. The number of sulfonamides is 1. The van der Waals surface area contributed by atoms with Crippen molar-refractivity contribution in [1.29, 1.82) is 0 Å². The highest BCUT2D eigenvalue weighted by atomic mass is 32.2. The number of nitrogens with zero attached hydrogens (tertiary/aromatic N) is 2. The summed E-state index contributed by atoms with van der Waals surface area (Å²) in [5.41, 5.74) is 0. The zero-order valence-corrected chi connectivity index (χ0v) is 13.0. The number of carbonyl (C=O) groups is 1. The minimum absolute atomic E-state index is 0.189. The molecule has 1 unspecified atom stereocenters. The normalized spacial score (nSPS) is 20.2. The first-order valence-electron chi connectivity index (χ1n) is 6.83. The summed E-state index contributed by atoms with van der Waals surface area (Å²) in [6.07, 6.45) is 1.34. The molecule has 1 amide bonds. The second-order valence-corrected chi connectivity index (χ2v) is 6.97. The molecule has 1 fully saturated rings. The lowest BCUT2D eigenvalue weighted by Crippen LogP contribution is -2.45. The van der Waals surface area contributed by atoms with Crippen LogP contribution < -0.4 is 0 Å². The van der Waals surface area contributed by atoms with Gasteiger partial charge in [0, 0.05) is 20.1 Å². The summed E-state index contributed by atoms with van der Waals surface area (Å²) in [6.45, 7) is 0.640. The molecule has 1 aliphatic rings. The zero-order valence-electron chi connectivity index (χ0n) is 12.2. The van der Waals surface area contributed by atoms with Gasteiger partial charge in [0.1, 0.15) is 0 Å². The van der Waals surface area contributed by atoms with Crippen molar-refractivity contribution in [2.45, 2.75) is 17.7 Å².